The number of aliphatic carboxylic acids is 1. The first-order valence-corrected chi connectivity index (χ1v) is 12.4. The molecule has 0 saturated heterocycles. The molecule has 0 aliphatic carbocycles. The van der Waals surface area contributed by atoms with Gasteiger partial charge in [0.1, 0.15) is 29.5 Å². The van der Waals surface area contributed by atoms with Crippen LogP contribution in [0.15, 0.2) is 66.7 Å². The Bertz CT molecular complexity index is 1270. The van der Waals surface area contributed by atoms with Gasteiger partial charge in [-0.1, -0.05) is 42.5 Å². The summed E-state index contributed by atoms with van der Waals surface area (Å²) in [5, 5.41) is 9.39. The van der Waals surface area contributed by atoms with Gasteiger partial charge in [0.15, 0.2) is 0 Å². The molecule has 1 aliphatic rings. The highest BCUT2D eigenvalue weighted by atomic mass is 19.1. The monoisotopic (exact) mass is 505 g/mol. The van der Waals surface area contributed by atoms with E-state index in [-0.39, 0.29) is 30.8 Å². The zero-order valence-electron chi connectivity index (χ0n) is 21.4. The van der Waals surface area contributed by atoms with Crippen molar-refractivity contribution in [2.24, 2.45) is 0 Å². The zero-order valence-corrected chi connectivity index (χ0v) is 21.4. The third-order valence-electron chi connectivity index (χ3n) is 6.27. The zero-order chi connectivity index (χ0) is 26.6. The quantitative estimate of drug-likeness (QED) is 0.410. The van der Waals surface area contributed by atoms with Crippen LogP contribution in [-0.4, -0.2) is 40.1 Å². The van der Waals surface area contributed by atoms with Crippen molar-refractivity contribution in [3.05, 3.63) is 94.8 Å². The lowest BCUT2D eigenvalue weighted by molar-refractivity contribution is -0.144. The van der Waals surface area contributed by atoms with Gasteiger partial charge in [0.05, 0.1) is 12.5 Å². The normalized spacial score (nSPS) is 16.2. The minimum Gasteiger partial charge on any atom is -0.491 e. The van der Waals surface area contributed by atoms with E-state index in [2.05, 4.69) is 0 Å². The number of rotatable bonds is 10. The molecule has 1 amide bonds. The van der Waals surface area contributed by atoms with Gasteiger partial charge in [0, 0.05) is 19.4 Å². The molecule has 0 saturated carbocycles. The highest BCUT2D eigenvalue weighted by molar-refractivity contribution is 5.83. The Balaban J connectivity index is 1.43. The summed E-state index contributed by atoms with van der Waals surface area (Å²) in [6, 6.07) is 19.6. The largest absolute Gasteiger partial charge is 0.491 e. The van der Waals surface area contributed by atoms with Crippen molar-refractivity contribution in [1.82, 2.24) is 4.90 Å². The Labute approximate surface area is 216 Å². The van der Waals surface area contributed by atoms with Crippen LogP contribution in [0.5, 0.6) is 11.5 Å². The summed E-state index contributed by atoms with van der Waals surface area (Å²) in [7, 11) is 0. The highest BCUT2D eigenvalue weighted by Crippen LogP contribution is 2.38. The van der Waals surface area contributed by atoms with Crippen molar-refractivity contribution >= 4 is 11.9 Å². The van der Waals surface area contributed by atoms with Gasteiger partial charge < -0.3 is 19.5 Å². The van der Waals surface area contributed by atoms with Crippen LogP contribution in [0, 0.1) is 5.82 Å². The number of nitrogens with zero attached hydrogens (tertiary/aromatic N) is 1. The number of carboxylic acids is 1. The number of benzene rings is 3. The van der Waals surface area contributed by atoms with E-state index in [0.29, 0.717) is 18.4 Å². The van der Waals surface area contributed by atoms with Crippen LogP contribution in [0.3, 0.4) is 0 Å². The van der Waals surface area contributed by atoms with Gasteiger partial charge in [-0.3, -0.25) is 9.59 Å². The molecule has 1 N–H and O–H groups in total. The number of hydrogen-bond acceptors (Lipinski definition) is 4. The second kappa shape index (κ2) is 11.0. The molecule has 1 aliphatic heterocycles. The molecule has 3 aromatic carbocycles. The molecule has 3 aromatic rings. The van der Waals surface area contributed by atoms with Gasteiger partial charge in [-0.25, -0.2) is 4.39 Å². The first-order valence-electron chi connectivity index (χ1n) is 12.4. The van der Waals surface area contributed by atoms with Gasteiger partial charge >= 0.3 is 5.97 Å². The summed E-state index contributed by atoms with van der Waals surface area (Å²) in [6.07, 6.45) is 1.13. The van der Waals surface area contributed by atoms with E-state index in [1.54, 1.807) is 12.1 Å². The maximum atomic E-state index is 14.2. The predicted molar refractivity (Wildman–Crippen MR) is 138 cm³/mol. The van der Waals surface area contributed by atoms with E-state index in [9.17, 15) is 19.1 Å². The maximum Gasteiger partial charge on any atom is 0.323 e. The lowest BCUT2D eigenvalue weighted by Gasteiger charge is -2.24. The van der Waals surface area contributed by atoms with Crippen molar-refractivity contribution in [3.63, 3.8) is 0 Å². The topological polar surface area (TPSA) is 76.1 Å². The fourth-order valence-electron chi connectivity index (χ4n) is 4.68. The molecule has 0 bridgehead atoms. The molecule has 1 heterocycles. The average Bonchev–Trinajstić information content (AvgIpc) is 3.16. The lowest BCUT2D eigenvalue weighted by atomic mass is 9.91. The van der Waals surface area contributed by atoms with E-state index in [0.717, 1.165) is 28.2 Å². The van der Waals surface area contributed by atoms with E-state index < -0.39 is 18.1 Å². The Morgan fingerprint density at radius 1 is 1.08 bits per heavy atom. The standard InChI is InChI=1S/C30H32FNO5/c1-20(2)36-25-11-8-21(9-12-25)18-32(19-29(34)35)28(33)15-22-10-13-27-24(14-22)17-30(3,37-27)16-23-6-4-5-7-26(23)31/h4-14,20H,15-19H2,1-3H3,(H,34,35)/t30-/m0/s1. The molecule has 4 rings (SSSR count). The Kier molecular flexibility index (Phi) is 7.81. The molecular formula is C30H32FNO5. The molecule has 0 fully saturated rings. The summed E-state index contributed by atoms with van der Waals surface area (Å²) in [5.74, 6) is -0.161. The summed E-state index contributed by atoms with van der Waals surface area (Å²) in [4.78, 5) is 25.9. The number of amides is 1. The first-order chi connectivity index (χ1) is 17.6. The molecular weight excluding hydrogens is 473 g/mol. The molecule has 194 valence electrons. The number of hydrogen-bond donors (Lipinski definition) is 1. The minimum absolute atomic E-state index is 0.0472. The average molecular weight is 506 g/mol. The van der Waals surface area contributed by atoms with E-state index >= 15 is 0 Å². The first kappa shape index (κ1) is 26.2. The van der Waals surface area contributed by atoms with Gasteiger partial charge in [0.2, 0.25) is 5.91 Å². The summed E-state index contributed by atoms with van der Waals surface area (Å²) >= 11 is 0. The summed E-state index contributed by atoms with van der Waals surface area (Å²) < 4.78 is 26.0. The van der Waals surface area contributed by atoms with E-state index in [1.165, 1.54) is 11.0 Å². The Hall–Kier alpha value is -3.87. The fourth-order valence-corrected chi connectivity index (χ4v) is 4.68. The Morgan fingerprint density at radius 2 is 1.78 bits per heavy atom. The molecule has 6 nitrogen and oxygen atoms in total. The predicted octanol–water partition coefficient (Wildman–Crippen LogP) is 5.21. The van der Waals surface area contributed by atoms with Crippen molar-refractivity contribution in [1.29, 1.82) is 0 Å². The number of carboxylic acid groups (broad SMARTS) is 1. The van der Waals surface area contributed by atoms with Crippen molar-refractivity contribution < 1.29 is 28.6 Å². The molecule has 0 aromatic heterocycles. The van der Waals surface area contributed by atoms with Gasteiger partial charge in [-0.05, 0) is 67.3 Å². The van der Waals surface area contributed by atoms with Crippen LogP contribution in [-0.2, 0) is 35.4 Å². The summed E-state index contributed by atoms with van der Waals surface area (Å²) in [5.41, 5.74) is 2.56. The summed E-state index contributed by atoms with van der Waals surface area (Å²) in [6.45, 7) is 5.63. The highest BCUT2D eigenvalue weighted by Gasteiger charge is 2.36. The third-order valence-corrected chi connectivity index (χ3v) is 6.27. The number of carbonyl (C=O) groups is 2. The van der Waals surface area contributed by atoms with E-state index in [4.69, 9.17) is 9.47 Å². The number of halogens is 1. The number of fused-ring (bicyclic) bond motifs is 1. The van der Waals surface area contributed by atoms with Crippen molar-refractivity contribution in [3.8, 4) is 11.5 Å². The van der Waals surface area contributed by atoms with Crippen LogP contribution in [0.2, 0.25) is 0 Å². The fraction of sp³-hybridized carbons (Fsp3) is 0.333. The van der Waals surface area contributed by atoms with Crippen LogP contribution in [0.4, 0.5) is 4.39 Å². The maximum absolute atomic E-state index is 14.2. The number of carbonyl (C=O) groups excluding carboxylic acids is 1. The molecule has 1 atom stereocenters. The molecule has 0 unspecified atom stereocenters. The second-order valence-corrected chi connectivity index (χ2v) is 10.1. The van der Waals surface area contributed by atoms with Crippen LogP contribution in [0.1, 0.15) is 43.0 Å². The van der Waals surface area contributed by atoms with Gasteiger partial charge in [-0.2, -0.15) is 0 Å². The third kappa shape index (κ3) is 6.88. The molecule has 7 heteroatoms. The number of ether oxygens (including phenoxy) is 2. The lowest BCUT2D eigenvalue weighted by Crippen LogP contribution is -2.36. The van der Waals surface area contributed by atoms with Gasteiger partial charge in [-0.15, -0.1) is 0 Å². The van der Waals surface area contributed by atoms with Crippen molar-refractivity contribution in [2.45, 2.75) is 58.3 Å². The minimum atomic E-state index is -1.07. The smallest absolute Gasteiger partial charge is 0.323 e. The van der Waals surface area contributed by atoms with E-state index in [1.807, 2.05) is 69.3 Å². The van der Waals surface area contributed by atoms with Crippen LogP contribution < -0.4 is 9.47 Å². The molecule has 0 spiro atoms. The molecule has 37 heavy (non-hydrogen) atoms. The van der Waals surface area contributed by atoms with Crippen LogP contribution in [0.25, 0.3) is 0 Å². The SMILES string of the molecule is CC(C)Oc1ccc(CN(CC(=O)O)C(=O)Cc2ccc3c(c2)C[C@](C)(Cc2ccccc2F)O3)cc1. The van der Waals surface area contributed by atoms with Gasteiger partial charge in [0.25, 0.3) is 0 Å². The van der Waals surface area contributed by atoms with Crippen LogP contribution >= 0.6 is 0 Å². The van der Waals surface area contributed by atoms with Crippen molar-refractivity contribution in [2.75, 3.05) is 6.54 Å². The second-order valence-electron chi connectivity index (χ2n) is 10.1. The Morgan fingerprint density at radius 3 is 2.46 bits per heavy atom. The molecule has 0 radical (unpaired) electrons.